The van der Waals surface area contributed by atoms with Gasteiger partial charge in [-0.1, -0.05) is 0 Å². The van der Waals surface area contributed by atoms with Crippen LogP contribution in [-0.4, -0.2) is 62.2 Å². The van der Waals surface area contributed by atoms with E-state index in [9.17, 15) is 18.0 Å². The first-order chi connectivity index (χ1) is 14.6. The van der Waals surface area contributed by atoms with E-state index in [1.807, 2.05) is 34.6 Å². The third kappa shape index (κ3) is 4.38. The summed E-state index contributed by atoms with van der Waals surface area (Å²) in [6.07, 6.45) is 1.39. The standard InChI is InChI=1S/C22H29N3O5S/c1-14-15(2)17(4)21(18(5)16(14)3)31(28,29)25-10-8-24(9-11-25)20(26)13-23-22(27)19-7-6-12-30-19/h6-7,12H,8-11,13H2,1-5H3,(H,23,27). The number of rotatable bonds is 5. The molecule has 0 bridgehead atoms. The van der Waals surface area contributed by atoms with Crippen molar-refractivity contribution in [2.24, 2.45) is 0 Å². The van der Waals surface area contributed by atoms with Crippen molar-refractivity contribution in [3.05, 3.63) is 52.0 Å². The minimum atomic E-state index is -3.68. The van der Waals surface area contributed by atoms with Gasteiger partial charge in [0.05, 0.1) is 17.7 Å². The first-order valence-electron chi connectivity index (χ1n) is 10.2. The Morgan fingerprint density at radius 1 is 0.935 bits per heavy atom. The van der Waals surface area contributed by atoms with E-state index in [1.54, 1.807) is 11.0 Å². The molecule has 9 heteroatoms. The van der Waals surface area contributed by atoms with Gasteiger partial charge in [-0.25, -0.2) is 8.42 Å². The normalized spacial score (nSPS) is 15.2. The average Bonchev–Trinajstić information content (AvgIpc) is 3.29. The molecule has 0 saturated carbocycles. The van der Waals surface area contributed by atoms with E-state index in [0.29, 0.717) is 4.90 Å². The number of nitrogens with zero attached hydrogens (tertiary/aromatic N) is 2. The summed E-state index contributed by atoms with van der Waals surface area (Å²) in [7, 11) is -3.68. The molecule has 1 aliphatic rings. The molecule has 0 atom stereocenters. The third-order valence-corrected chi connectivity index (χ3v) is 8.44. The lowest BCUT2D eigenvalue weighted by atomic mass is 9.95. The van der Waals surface area contributed by atoms with Gasteiger partial charge >= 0.3 is 0 Å². The number of carbonyl (C=O) groups is 2. The second-order valence-corrected chi connectivity index (χ2v) is 9.77. The molecule has 0 unspecified atom stereocenters. The van der Waals surface area contributed by atoms with Crippen molar-refractivity contribution < 1.29 is 22.4 Å². The summed E-state index contributed by atoms with van der Waals surface area (Å²) in [4.78, 5) is 26.3. The van der Waals surface area contributed by atoms with Crippen LogP contribution in [0.2, 0.25) is 0 Å². The molecule has 0 aliphatic carbocycles. The van der Waals surface area contributed by atoms with E-state index < -0.39 is 15.9 Å². The van der Waals surface area contributed by atoms with Gasteiger partial charge in [0.1, 0.15) is 0 Å². The van der Waals surface area contributed by atoms with Gasteiger partial charge in [0.15, 0.2) is 5.76 Å². The van der Waals surface area contributed by atoms with Gasteiger partial charge < -0.3 is 14.6 Å². The largest absolute Gasteiger partial charge is 0.459 e. The first-order valence-corrected chi connectivity index (χ1v) is 11.7. The average molecular weight is 448 g/mol. The predicted molar refractivity (Wildman–Crippen MR) is 117 cm³/mol. The fourth-order valence-corrected chi connectivity index (χ4v) is 5.90. The molecule has 1 aromatic heterocycles. The molecule has 3 rings (SSSR count). The van der Waals surface area contributed by atoms with Crippen LogP contribution < -0.4 is 5.32 Å². The number of benzene rings is 1. The van der Waals surface area contributed by atoms with Crippen LogP contribution >= 0.6 is 0 Å². The summed E-state index contributed by atoms with van der Waals surface area (Å²) in [5.74, 6) is -0.583. The van der Waals surface area contributed by atoms with Crippen molar-refractivity contribution in [1.82, 2.24) is 14.5 Å². The second-order valence-electron chi connectivity index (χ2n) is 7.90. The number of hydrogen-bond donors (Lipinski definition) is 1. The van der Waals surface area contributed by atoms with Crippen LogP contribution in [0.3, 0.4) is 0 Å². The van der Waals surface area contributed by atoms with Crippen molar-refractivity contribution in [2.45, 2.75) is 39.5 Å². The van der Waals surface area contributed by atoms with Crippen LogP contribution in [-0.2, 0) is 14.8 Å². The van der Waals surface area contributed by atoms with E-state index in [4.69, 9.17) is 4.42 Å². The smallest absolute Gasteiger partial charge is 0.287 e. The zero-order chi connectivity index (χ0) is 22.9. The molecular weight excluding hydrogens is 418 g/mol. The summed E-state index contributed by atoms with van der Waals surface area (Å²) >= 11 is 0. The van der Waals surface area contributed by atoms with Gasteiger partial charge in [0, 0.05) is 26.2 Å². The van der Waals surface area contributed by atoms with Crippen molar-refractivity contribution in [1.29, 1.82) is 0 Å². The Labute approximate surface area is 183 Å². The lowest BCUT2D eigenvalue weighted by molar-refractivity contribution is -0.131. The molecule has 31 heavy (non-hydrogen) atoms. The zero-order valence-electron chi connectivity index (χ0n) is 18.6. The maximum Gasteiger partial charge on any atom is 0.287 e. The summed E-state index contributed by atoms with van der Waals surface area (Å²) in [6.45, 7) is 10.4. The molecule has 0 spiro atoms. The first kappa shape index (κ1) is 23.0. The summed E-state index contributed by atoms with van der Waals surface area (Å²) in [6, 6.07) is 3.11. The van der Waals surface area contributed by atoms with Crippen LogP contribution in [0.25, 0.3) is 0 Å². The minimum Gasteiger partial charge on any atom is -0.459 e. The molecule has 1 aliphatic heterocycles. The Kier molecular flexibility index (Phi) is 6.56. The number of furan rings is 1. The Bertz CT molecular complexity index is 1070. The lowest BCUT2D eigenvalue weighted by Gasteiger charge is -2.35. The van der Waals surface area contributed by atoms with Gasteiger partial charge in [-0.15, -0.1) is 0 Å². The molecule has 1 N–H and O–H groups in total. The van der Waals surface area contributed by atoms with E-state index in [0.717, 1.165) is 27.8 Å². The number of hydrogen-bond acceptors (Lipinski definition) is 5. The Morgan fingerprint density at radius 2 is 1.48 bits per heavy atom. The van der Waals surface area contributed by atoms with Crippen molar-refractivity contribution >= 4 is 21.8 Å². The highest BCUT2D eigenvalue weighted by Crippen LogP contribution is 2.31. The minimum absolute atomic E-state index is 0.137. The van der Waals surface area contributed by atoms with E-state index >= 15 is 0 Å². The molecule has 2 heterocycles. The topological polar surface area (TPSA) is 99.9 Å². The van der Waals surface area contributed by atoms with Gasteiger partial charge in [0.25, 0.3) is 5.91 Å². The lowest BCUT2D eigenvalue weighted by Crippen LogP contribution is -2.52. The number of carbonyl (C=O) groups excluding carboxylic acids is 2. The molecule has 1 fully saturated rings. The van der Waals surface area contributed by atoms with Gasteiger partial charge in [-0.3, -0.25) is 9.59 Å². The fourth-order valence-electron chi connectivity index (χ4n) is 3.92. The van der Waals surface area contributed by atoms with E-state index in [2.05, 4.69) is 5.32 Å². The molecule has 0 radical (unpaired) electrons. The summed E-state index contributed by atoms with van der Waals surface area (Å²) in [5.41, 5.74) is 4.64. The van der Waals surface area contributed by atoms with E-state index in [1.165, 1.54) is 16.6 Å². The Hall–Kier alpha value is -2.65. The van der Waals surface area contributed by atoms with Crippen molar-refractivity contribution in [3.63, 3.8) is 0 Å². The summed E-state index contributed by atoms with van der Waals surface area (Å²) < 4.78 is 33.3. The number of nitrogens with one attached hydrogen (secondary N) is 1. The van der Waals surface area contributed by atoms with E-state index in [-0.39, 0.29) is 44.4 Å². The molecule has 2 aromatic rings. The highest BCUT2D eigenvalue weighted by molar-refractivity contribution is 7.89. The third-order valence-electron chi connectivity index (χ3n) is 6.27. The second kappa shape index (κ2) is 8.84. The molecule has 1 saturated heterocycles. The number of amides is 2. The van der Waals surface area contributed by atoms with Gasteiger partial charge in [-0.2, -0.15) is 4.31 Å². The maximum atomic E-state index is 13.4. The van der Waals surface area contributed by atoms with Crippen LogP contribution in [0.1, 0.15) is 38.4 Å². The van der Waals surface area contributed by atoms with Crippen molar-refractivity contribution in [2.75, 3.05) is 32.7 Å². The number of piperazine rings is 1. The SMILES string of the molecule is Cc1c(C)c(C)c(S(=O)(=O)N2CCN(C(=O)CNC(=O)c3ccco3)CC2)c(C)c1C. The highest BCUT2D eigenvalue weighted by Gasteiger charge is 2.33. The summed E-state index contributed by atoms with van der Waals surface area (Å²) in [5, 5.41) is 2.53. The Morgan fingerprint density at radius 3 is 2.00 bits per heavy atom. The van der Waals surface area contributed by atoms with Gasteiger partial charge in [0.2, 0.25) is 15.9 Å². The van der Waals surface area contributed by atoms with Crippen LogP contribution in [0.15, 0.2) is 27.7 Å². The van der Waals surface area contributed by atoms with Crippen LogP contribution in [0.5, 0.6) is 0 Å². The zero-order valence-corrected chi connectivity index (χ0v) is 19.4. The number of sulfonamides is 1. The highest BCUT2D eigenvalue weighted by atomic mass is 32.2. The van der Waals surface area contributed by atoms with Crippen LogP contribution in [0, 0.1) is 34.6 Å². The van der Waals surface area contributed by atoms with Crippen LogP contribution in [0.4, 0.5) is 0 Å². The monoisotopic (exact) mass is 447 g/mol. The van der Waals surface area contributed by atoms with Gasteiger partial charge in [-0.05, 0) is 74.6 Å². The predicted octanol–water partition coefficient (Wildman–Crippen LogP) is 2.08. The van der Waals surface area contributed by atoms with Crippen molar-refractivity contribution in [3.8, 4) is 0 Å². The molecule has 2 amide bonds. The molecule has 168 valence electrons. The Balaban J connectivity index is 1.67. The quantitative estimate of drug-likeness (QED) is 0.757. The molecular formula is C22H29N3O5S. The molecule has 1 aromatic carbocycles. The fraction of sp³-hybridized carbons (Fsp3) is 0.455. The maximum absolute atomic E-state index is 13.4. The molecule has 8 nitrogen and oxygen atoms in total.